The van der Waals surface area contributed by atoms with E-state index in [1.165, 1.54) is 6.42 Å². The minimum absolute atomic E-state index is 0.0940. The quantitative estimate of drug-likeness (QED) is 0.689. The van der Waals surface area contributed by atoms with E-state index in [0.29, 0.717) is 0 Å². The maximum atomic E-state index is 11.0. The standard InChI is InChI=1S/C11H21NO2/c1-3-4-6-9(10(13)14)12-11(2)7-5-8-11/h9,12H,3-8H2,1-2H3,(H,13,14). The van der Waals surface area contributed by atoms with Crippen molar-refractivity contribution in [2.75, 3.05) is 0 Å². The number of carboxylic acid groups (broad SMARTS) is 1. The number of unbranched alkanes of at least 4 members (excludes halogenated alkanes) is 1. The van der Waals surface area contributed by atoms with Gasteiger partial charge >= 0.3 is 5.97 Å². The minimum Gasteiger partial charge on any atom is -0.480 e. The molecule has 0 aromatic heterocycles. The molecule has 14 heavy (non-hydrogen) atoms. The summed E-state index contributed by atoms with van der Waals surface area (Å²) in [5, 5.41) is 12.3. The second kappa shape index (κ2) is 4.78. The van der Waals surface area contributed by atoms with Gasteiger partial charge in [0, 0.05) is 5.54 Å². The highest BCUT2D eigenvalue weighted by Crippen LogP contribution is 2.31. The van der Waals surface area contributed by atoms with Crippen molar-refractivity contribution in [1.29, 1.82) is 0 Å². The SMILES string of the molecule is CCCCC(NC1(C)CCC1)C(=O)O. The zero-order valence-corrected chi connectivity index (χ0v) is 9.18. The summed E-state index contributed by atoms with van der Waals surface area (Å²) in [4.78, 5) is 11.0. The molecule has 2 N–H and O–H groups in total. The average molecular weight is 199 g/mol. The first kappa shape index (κ1) is 11.5. The normalized spacial score (nSPS) is 21.3. The predicted octanol–water partition coefficient (Wildman–Crippen LogP) is 2.16. The average Bonchev–Trinajstić information content (AvgIpc) is 2.09. The van der Waals surface area contributed by atoms with E-state index in [4.69, 9.17) is 5.11 Å². The van der Waals surface area contributed by atoms with Gasteiger partial charge in [-0.05, 0) is 32.6 Å². The van der Waals surface area contributed by atoms with Crippen LogP contribution in [0.5, 0.6) is 0 Å². The molecule has 0 spiro atoms. The number of carboxylic acids is 1. The molecule has 0 amide bonds. The summed E-state index contributed by atoms with van der Waals surface area (Å²) in [6.45, 7) is 4.21. The largest absolute Gasteiger partial charge is 0.480 e. The second-order valence-corrected chi connectivity index (χ2v) is 4.59. The van der Waals surface area contributed by atoms with Crippen molar-refractivity contribution in [2.45, 2.75) is 64.0 Å². The molecular weight excluding hydrogens is 178 g/mol. The van der Waals surface area contributed by atoms with Gasteiger partial charge in [0.1, 0.15) is 6.04 Å². The molecule has 1 unspecified atom stereocenters. The lowest BCUT2D eigenvalue weighted by Crippen LogP contribution is -2.55. The predicted molar refractivity (Wildman–Crippen MR) is 56.3 cm³/mol. The Bertz CT molecular complexity index is 199. The Morgan fingerprint density at radius 3 is 2.57 bits per heavy atom. The van der Waals surface area contributed by atoms with Crippen LogP contribution in [0.4, 0.5) is 0 Å². The highest BCUT2D eigenvalue weighted by molar-refractivity contribution is 5.73. The Labute approximate surface area is 85.9 Å². The van der Waals surface area contributed by atoms with E-state index in [9.17, 15) is 4.79 Å². The third kappa shape index (κ3) is 2.98. The summed E-state index contributed by atoms with van der Waals surface area (Å²) in [6, 6.07) is -0.347. The Morgan fingerprint density at radius 2 is 2.21 bits per heavy atom. The first-order chi connectivity index (χ1) is 6.57. The highest BCUT2D eigenvalue weighted by atomic mass is 16.4. The number of nitrogens with one attached hydrogen (secondary N) is 1. The van der Waals surface area contributed by atoms with Crippen molar-refractivity contribution in [3.63, 3.8) is 0 Å². The number of rotatable bonds is 6. The third-order valence-electron chi connectivity index (χ3n) is 3.12. The van der Waals surface area contributed by atoms with Crippen LogP contribution < -0.4 is 5.32 Å². The van der Waals surface area contributed by atoms with Crippen LogP contribution in [-0.2, 0) is 4.79 Å². The fraction of sp³-hybridized carbons (Fsp3) is 0.909. The van der Waals surface area contributed by atoms with E-state index >= 15 is 0 Å². The number of hydrogen-bond acceptors (Lipinski definition) is 2. The first-order valence-corrected chi connectivity index (χ1v) is 5.58. The maximum Gasteiger partial charge on any atom is 0.320 e. The molecule has 1 saturated carbocycles. The fourth-order valence-corrected chi connectivity index (χ4v) is 1.94. The van der Waals surface area contributed by atoms with Crippen LogP contribution in [0, 0.1) is 0 Å². The van der Waals surface area contributed by atoms with Crippen molar-refractivity contribution in [3.05, 3.63) is 0 Å². The van der Waals surface area contributed by atoms with Crippen molar-refractivity contribution < 1.29 is 9.90 Å². The lowest BCUT2D eigenvalue weighted by Gasteiger charge is -2.41. The Hall–Kier alpha value is -0.570. The molecule has 0 radical (unpaired) electrons. The van der Waals surface area contributed by atoms with Crippen LogP contribution in [0.1, 0.15) is 52.4 Å². The summed E-state index contributed by atoms with van der Waals surface area (Å²) >= 11 is 0. The van der Waals surface area contributed by atoms with Crippen LogP contribution in [0.25, 0.3) is 0 Å². The van der Waals surface area contributed by atoms with Gasteiger partial charge in [-0.3, -0.25) is 10.1 Å². The van der Waals surface area contributed by atoms with Crippen LogP contribution in [0.15, 0.2) is 0 Å². The molecule has 0 saturated heterocycles. The molecule has 0 aromatic carbocycles. The van der Waals surface area contributed by atoms with Crippen LogP contribution in [-0.4, -0.2) is 22.7 Å². The molecule has 0 aromatic rings. The van der Waals surface area contributed by atoms with E-state index in [0.717, 1.165) is 32.1 Å². The Kier molecular flexibility index (Phi) is 3.93. The molecule has 3 nitrogen and oxygen atoms in total. The molecule has 82 valence electrons. The molecular formula is C11H21NO2. The lowest BCUT2D eigenvalue weighted by molar-refractivity contribution is -0.140. The van der Waals surface area contributed by atoms with Crippen molar-refractivity contribution in [2.24, 2.45) is 0 Å². The summed E-state index contributed by atoms with van der Waals surface area (Å²) in [5.74, 6) is -0.702. The minimum atomic E-state index is -0.702. The van der Waals surface area contributed by atoms with Gasteiger partial charge in [0.15, 0.2) is 0 Å². The zero-order valence-electron chi connectivity index (χ0n) is 9.18. The number of hydrogen-bond donors (Lipinski definition) is 2. The first-order valence-electron chi connectivity index (χ1n) is 5.58. The Balaban J connectivity index is 2.38. The van der Waals surface area contributed by atoms with E-state index < -0.39 is 5.97 Å². The second-order valence-electron chi connectivity index (χ2n) is 4.59. The fourth-order valence-electron chi connectivity index (χ4n) is 1.94. The molecule has 0 bridgehead atoms. The smallest absolute Gasteiger partial charge is 0.320 e. The number of aliphatic carboxylic acids is 1. The van der Waals surface area contributed by atoms with Crippen molar-refractivity contribution in [1.82, 2.24) is 5.32 Å². The summed E-state index contributed by atoms with van der Waals surface area (Å²) in [6.07, 6.45) is 6.25. The van der Waals surface area contributed by atoms with E-state index in [1.54, 1.807) is 0 Å². The molecule has 3 heteroatoms. The van der Waals surface area contributed by atoms with E-state index in [1.807, 2.05) is 0 Å². The zero-order chi connectivity index (χ0) is 10.6. The molecule has 1 aliphatic rings. The summed E-state index contributed by atoms with van der Waals surface area (Å²) < 4.78 is 0. The van der Waals surface area contributed by atoms with Gasteiger partial charge < -0.3 is 5.11 Å². The summed E-state index contributed by atoms with van der Waals surface area (Å²) in [7, 11) is 0. The van der Waals surface area contributed by atoms with E-state index in [2.05, 4.69) is 19.2 Å². The molecule has 1 aliphatic carbocycles. The molecule has 0 aliphatic heterocycles. The molecule has 1 rings (SSSR count). The van der Waals surface area contributed by atoms with Gasteiger partial charge in [0.05, 0.1) is 0 Å². The van der Waals surface area contributed by atoms with Gasteiger partial charge in [-0.2, -0.15) is 0 Å². The van der Waals surface area contributed by atoms with Gasteiger partial charge in [0.25, 0.3) is 0 Å². The summed E-state index contributed by atoms with van der Waals surface area (Å²) in [5.41, 5.74) is 0.0940. The highest BCUT2D eigenvalue weighted by Gasteiger charge is 2.35. The lowest BCUT2D eigenvalue weighted by atomic mass is 9.78. The van der Waals surface area contributed by atoms with Gasteiger partial charge in [-0.25, -0.2) is 0 Å². The van der Waals surface area contributed by atoms with Crippen LogP contribution in [0.2, 0.25) is 0 Å². The maximum absolute atomic E-state index is 11.0. The topological polar surface area (TPSA) is 49.3 Å². The molecule has 0 heterocycles. The monoisotopic (exact) mass is 199 g/mol. The Morgan fingerprint density at radius 1 is 1.57 bits per heavy atom. The molecule has 1 fully saturated rings. The van der Waals surface area contributed by atoms with Crippen LogP contribution in [0.3, 0.4) is 0 Å². The van der Waals surface area contributed by atoms with Crippen molar-refractivity contribution in [3.8, 4) is 0 Å². The van der Waals surface area contributed by atoms with Crippen LogP contribution >= 0.6 is 0 Å². The molecule has 1 atom stereocenters. The number of carbonyl (C=O) groups is 1. The van der Waals surface area contributed by atoms with Gasteiger partial charge in [-0.1, -0.05) is 19.8 Å². The van der Waals surface area contributed by atoms with E-state index in [-0.39, 0.29) is 11.6 Å². The van der Waals surface area contributed by atoms with Crippen molar-refractivity contribution >= 4 is 5.97 Å². The van der Waals surface area contributed by atoms with Gasteiger partial charge in [-0.15, -0.1) is 0 Å². The third-order valence-corrected chi connectivity index (χ3v) is 3.12. The van der Waals surface area contributed by atoms with Gasteiger partial charge in [0.2, 0.25) is 0 Å².